The molecule has 362 valence electrons. The Morgan fingerprint density at radius 2 is 0.828 bits per heavy atom. The van der Waals surface area contributed by atoms with Gasteiger partial charge in [-0.3, -0.25) is 53.1 Å². The van der Waals surface area contributed by atoms with Gasteiger partial charge in [0.15, 0.2) is 11.9 Å². The molecule has 9 atom stereocenters. The molecule has 0 unspecified atom stereocenters. The van der Waals surface area contributed by atoms with Gasteiger partial charge in [0.2, 0.25) is 53.2 Å². The van der Waals surface area contributed by atoms with E-state index < -0.39 is 120 Å². The highest BCUT2D eigenvalue weighted by Crippen LogP contribution is 2.12. The second-order valence-corrected chi connectivity index (χ2v) is 16.1. The zero-order valence-corrected chi connectivity index (χ0v) is 39.3. The van der Waals surface area contributed by atoms with Gasteiger partial charge in [0.1, 0.15) is 42.3 Å². The van der Waals surface area contributed by atoms with E-state index in [-0.39, 0.29) is 68.0 Å². The summed E-state index contributed by atoms with van der Waals surface area (Å²) in [6.45, 7) is 5.80. The van der Waals surface area contributed by atoms with Gasteiger partial charge in [0, 0.05) is 30.3 Å². The molecule has 0 aromatic rings. The van der Waals surface area contributed by atoms with E-state index in [4.69, 9.17) is 22.9 Å². The molecule has 1 aliphatic rings. The van der Waals surface area contributed by atoms with E-state index in [9.17, 15) is 43.2 Å². The largest absolute Gasteiger partial charge is 0.370 e. The third-order valence-corrected chi connectivity index (χ3v) is 11.2. The first-order valence-electron chi connectivity index (χ1n) is 20.8. The van der Waals surface area contributed by atoms with E-state index in [1.54, 1.807) is 27.7 Å². The van der Waals surface area contributed by atoms with Crippen LogP contribution in [-0.4, -0.2) is 151 Å². The molecule has 0 aromatic carbocycles. The molecule has 17 N–H and O–H groups in total. The smallest absolute Gasteiger partial charge is 0.244 e. The Balaban J connectivity index is 3.69. The molecule has 27 heteroatoms. The lowest BCUT2D eigenvalue weighted by molar-refractivity contribution is -0.135. The molecule has 0 bridgehead atoms. The van der Waals surface area contributed by atoms with Crippen molar-refractivity contribution in [3.8, 4) is 0 Å². The van der Waals surface area contributed by atoms with Crippen LogP contribution in [0.5, 0.6) is 0 Å². The Morgan fingerprint density at radius 1 is 0.500 bits per heavy atom. The first-order chi connectivity index (χ1) is 30.2. The maximum atomic E-state index is 13.8. The molecule has 0 aromatic heterocycles. The minimum absolute atomic E-state index is 0.000634. The molecule has 0 radical (unpaired) electrons. The van der Waals surface area contributed by atoms with Crippen LogP contribution in [-0.2, 0) is 43.2 Å². The fraction of sp³-hybridized carbons (Fsp3) is 0.703. The van der Waals surface area contributed by atoms with Crippen molar-refractivity contribution in [1.82, 2.24) is 47.9 Å². The Kier molecular flexibility index (Phi) is 26.7. The fourth-order valence-corrected chi connectivity index (χ4v) is 6.67. The van der Waals surface area contributed by atoms with Gasteiger partial charge in [0.05, 0.1) is 13.1 Å². The van der Waals surface area contributed by atoms with Crippen LogP contribution in [0.15, 0.2) is 9.98 Å². The van der Waals surface area contributed by atoms with Crippen molar-refractivity contribution in [2.75, 3.05) is 43.4 Å². The maximum Gasteiger partial charge on any atom is 0.244 e. The SMILES string of the molecule is CC[C@H](C)[C@@H]1NC(=O)CNC(=O)[C@H](CCCN=C(N)N)NC(=O)CNC(=O)[C@H](CS)NC(=O)[C@H]([C@@H](C)CC)NC(=O)[C@H](CS)NC(=O)[C@H](CCCN=C(N)N)NC(=O)[C@H](CS)NC1=O. The van der Waals surface area contributed by atoms with E-state index in [0.29, 0.717) is 12.8 Å². The van der Waals surface area contributed by atoms with Crippen molar-refractivity contribution in [2.24, 2.45) is 44.8 Å². The number of hydrogen-bond donors (Lipinski definition) is 16. The van der Waals surface area contributed by atoms with Crippen molar-refractivity contribution in [3.05, 3.63) is 0 Å². The Morgan fingerprint density at radius 3 is 1.25 bits per heavy atom. The number of amides is 9. The summed E-state index contributed by atoms with van der Waals surface area (Å²) in [5, 5.41) is 22.8. The molecule has 0 aliphatic carbocycles. The van der Waals surface area contributed by atoms with Crippen LogP contribution in [0.1, 0.15) is 66.2 Å². The van der Waals surface area contributed by atoms with Gasteiger partial charge in [-0.25, -0.2) is 0 Å². The number of thiol groups is 3. The monoisotopic (exact) mass is 961 g/mol. The quantitative estimate of drug-likeness (QED) is 0.0316. The zero-order valence-electron chi connectivity index (χ0n) is 36.6. The second kappa shape index (κ2) is 30.0. The average Bonchev–Trinajstić information content (AvgIpc) is 3.26. The topological polar surface area (TPSA) is 391 Å². The van der Waals surface area contributed by atoms with Gasteiger partial charge in [-0.1, -0.05) is 40.5 Å². The molecule has 64 heavy (non-hydrogen) atoms. The molecular formula is C37H67N15O9S3. The number of nitrogens with two attached hydrogens (primary N) is 4. The van der Waals surface area contributed by atoms with Crippen LogP contribution >= 0.6 is 37.9 Å². The zero-order chi connectivity index (χ0) is 48.5. The van der Waals surface area contributed by atoms with E-state index in [1.165, 1.54) is 0 Å². The van der Waals surface area contributed by atoms with Gasteiger partial charge in [-0.2, -0.15) is 37.9 Å². The maximum absolute atomic E-state index is 13.8. The van der Waals surface area contributed by atoms with E-state index in [0.717, 1.165) is 0 Å². The third kappa shape index (κ3) is 20.5. The van der Waals surface area contributed by atoms with Gasteiger partial charge in [-0.05, 0) is 37.5 Å². The highest BCUT2D eigenvalue weighted by Gasteiger charge is 2.35. The predicted octanol–water partition coefficient (Wildman–Crippen LogP) is -5.39. The molecule has 1 fully saturated rings. The molecule has 1 saturated heterocycles. The van der Waals surface area contributed by atoms with Gasteiger partial charge in [0.25, 0.3) is 0 Å². The van der Waals surface area contributed by atoms with Crippen molar-refractivity contribution in [2.45, 2.75) is 109 Å². The van der Waals surface area contributed by atoms with E-state index in [1.807, 2.05) is 0 Å². The number of rotatable bonds is 15. The third-order valence-electron chi connectivity index (χ3n) is 10.1. The highest BCUT2D eigenvalue weighted by molar-refractivity contribution is 7.80. The first-order valence-corrected chi connectivity index (χ1v) is 22.7. The van der Waals surface area contributed by atoms with Crippen LogP contribution in [0.4, 0.5) is 0 Å². The second-order valence-electron chi connectivity index (χ2n) is 15.0. The van der Waals surface area contributed by atoms with Gasteiger partial charge < -0.3 is 70.8 Å². The lowest BCUT2D eigenvalue weighted by atomic mass is 9.97. The van der Waals surface area contributed by atoms with Crippen LogP contribution in [0.25, 0.3) is 0 Å². The predicted molar refractivity (Wildman–Crippen MR) is 250 cm³/mol. The van der Waals surface area contributed by atoms with Crippen molar-refractivity contribution in [3.63, 3.8) is 0 Å². The number of nitrogens with zero attached hydrogens (tertiary/aromatic N) is 2. The van der Waals surface area contributed by atoms with E-state index in [2.05, 4.69) is 95.7 Å². The Hall–Kier alpha value is -5.18. The summed E-state index contributed by atoms with van der Waals surface area (Å²) in [5.74, 6) is -9.31. The summed E-state index contributed by atoms with van der Waals surface area (Å²) in [6.07, 6.45) is 1.15. The molecule has 0 saturated carbocycles. The Labute approximate surface area is 389 Å². The number of guanidine groups is 2. The lowest BCUT2D eigenvalue weighted by Crippen LogP contribution is -2.61. The molecule has 0 spiro atoms. The fourth-order valence-electron chi connectivity index (χ4n) is 5.90. The molecule has 1 aliphatic heterocycles. The molecule has 9 amide bonds. The Bertz CT molecular complexity index is 1680. The minimum Gasteiger partial charge on any atom is -0.370 e. The normalized spacial score (nSPS) is 25.2. The van der Waals surface area contributed by atoms with E-state index >= 15 is 0 Å². The highest BCUT2D eigenvalue weighted by atomic mass is 32.1. The number of nitrogens with one attached hydrogen (secondary N) is 9. The van der Waals surface area contributed by atoms with Crippen molar-refractivity contribution >= 4 is 103 Å². The molecular weight excluding hydrogens is 895 g/mol. The molecule has 1 rings (SSSR count). The number of hydrogen-bond acceptors (Lipinski definition) is 14. The summed E-state index contributed by atoms with van der Waals surface area (Å²) >= 11 is 12.7. The van der Waals surface area contributed by atoms with Crippen LogP contribution in [0.2, 0.25) is 0 Å². The van der Waals surface area contributed by atoms with Crippen LogP contribution < -0.4 is 70.8 Å². The first kappa shape index (κ1) is 56.8. The van der Waals surface area contributed by atoms with Crippen molar-refractivity contribution < 1.29 is 43.2 Å². The van der Waals surface area contributed by atoms with Gasteiger partial charge in [-0.15, -0.1) is 0 Å². The van der Waals surface area contributed by atoms with Crippen molar-refractivity contribution in [1.29, 1.82) is 0 Å². The minimum atomic E-state index is -1.34. The summed E-state index contributed by atoms with van der Waals surface area (Å²) < 4.78 is 0. The summed E-state index contributed by atoms with van der Waals surface area (Å²) in [7, 11) is 0. The molecule has 1 heterocycles. The number of carbonyl (C=O) groups excluding carboxylic acids is 9. The summed E-state index contributed by atoms with van der Waals surface area (Å²) in [4.78, 5) is 129. The standard InChI is InChI=1S/C37H67N15O9S3/c1-5-18(3)27-34(60)50-23(16-63)32(58)47-21(10-8-12-43-37(40)41)31(57)48-24(17-64)33(59)52-28(19(4)6-2)35(61)49-22(15-62)30(56)45-13-25(53)46-20(9-7-11-42-36(38)39)29(55)44-14-26(54)51-27/h18-24,27-28,62-64H,5-17H2,1-4H3,(H,44,55)(H,45,56)(H,46,53)(H,47,58)(H,48,57)(H,49,61)(H,50,60)(H,51,54)(H,52,59)(H4,38,39,42)(H4,40,41,43)/t18-,19-,20-,21-,22-,23-,24-,27-,28-/m0/s1. The lowest BCUT2D eigenvalue weighted by Gasteiger charge is -2.29. The number of carbonyl (C=O) groups is 9. The molecule has 24 nitrogen and oxygen atoms in total. The van der Waals surface area contributed by atoms with Crippen LogP contribution in [0.3, 0.4) is 0 Å². The summed E-state index contributed by atoms with van der Waals surface area (Å²) in [6, 6.07) is -8.96. The summed E-state index contributed by atoms with van der Waals surface area (Å²) in [5.41, 5.74) is 21.7. The average molecular weight is 962 g/mol. The van der Waals surface area contributed by atoms with Gasteiger partial charge >= 0.3 is 0 Å². The van der Waals surface area contributed by atoms with Crippen LogP contribution in [0, 0.1) is 11.8 Å². The number of aliphatic imine (C=N–C) groups is 2.